The predicted octanol–water partition coefficient (Wildman–Crippen LogP) is 8.08. The van der Waals surface area contributed by atoms with Gasteiger partial charge in [0.2, 0.25) is 11.5 Å². The van der Waals surface area contributed by atoms with Crippen molar-refractivity contribution in [1.29, 1.82) is 0 Å². The van der Waals surface area contributed by atoms with Gasteiger partial charge in [0.25, 0.3) is 0 Å². The fourth-order valence-electron chi connectivity index (χ4n) is 7.02. The number of ether oxygens (including phenoxy) is 1. The maximum absolute atomic E-state index is 13.7. The van der Waals surface area contributed by atoms with Gasteiger partial charge in [-0.25, -0.2) is 4.79 Å². The Labute approximate surface area is 264 Å². The van der Waals surface area contributed by atoms with E-state index in [2.05, 4.69) is 78.9 Å². The zero-order valence-corrected chi connectivity index (χ0v) is 26.7. The van der Waals surface area contributed by atoms with Gasteiger partial charge in [-0.05, 0) is 62.6 Å². The molecule has 45 heavy (non-hydrogen) atoms. The summed E-state index contributed by atoms with van der Waals surface area (Å²) in [6.07, 6.45) is 3.84. The molecule has 0 fully saturated rings. The van der Waals surface area contributed by atoms with Gasteiger partial charge in [0.15, 0.2) is 0 Å². The summed E-state index contributed by atoms with van der Waals surface area (Å²) in [7, 11) is 0. The van der Waals surface area contributed by atoms with Crippen molar-refractivity contribution in [2.75, 3.05) is 23.3 Å². The van der Waals surface area contributed by atoms with Crippen LogP contribution in [0, 0.1) is 6.92 Å². The number of nitrogens with one attached hydrogen (secondary N) is 1. The molecule has 3 heterocycles. The molecule has 0 saturated carbocycles. The minimum Gasteiger partial charge on any atom is -0.439 e. The van der Waals surface area contributed by atoms with Gasteiger partial charge < -0.3 is 19.5 Å². The number of hydrogen-bond donors (Lipinski definition) is 1. The van der Waals surface area contributed by atoms with Crippen LogP contribution in [-0.4, -0.2) is 34.5 Å². The third-order valence-corrected chi connectivity index (χ3v) is 8.78. The number of carbonyl (C=O) groups is 2. The van der Waals surface area contributed by atoms with Crippen LogP contribution >= 0.6 is 0 Å². The molecule has 1 unspecified atom stereocenters. The van der Waals surface area contributed by atoms with E-state index in [0.717, 1.165) is 65.8 Å². The zero-order chi connectivity index (χ0) is 31.7. The summed E-state index contributed by atoms with van der Waals surface area (Å²) in [5.41, 5.74) is 6.61. The Kier molecular flexibility index (Phi) is 8.19. The summed E-state index contributed by atoms with van der Waals surface area (Å²) in [6.45, 7) is 12.8. The third kappa shape index (κ3) is 4.96. The van der Waals surface area contributed by atoms with Crippen molar-refractivity contribution in [2.45, 2.75) is 59.6 Å². The van der Waals surface area contributed by atoms with E-state index in [1.807, 2.05) is 30.3 Å². The Hall–Kier alpha value is -4.91. The van der Waals surface area contributed by atoms with Gasteiger partial charge in [0.1, 0.15) is 5.69 Å². The van der Waals surface area contributed by atoms with E-state index >= 15 is 0 Å². The lowest BCUT2D eigenvalue weighted by Gasteiger charge is -2.32. The number of benzene rings is 3. The average Bonchev–Trinajstić information content (AvgIpc) is 3.51. The van der Waals surface area contributed by atoms with Crippen molar-refractivity contribution in [3.8, 4) is 11.1 Å². The molecule has 1 aliphatic heterocycles. The highest BCUT2D eigenvalue weighted by atomic mass is 16.6. The third-order valence-electron chi connectivity index (χ3n) is 8.78. The largest absolute Gasteiger partial charge is 0.439 e. The zero-order valence-electron chi connectivity index (χ0n) is 26.7. The number of aryl methyl sites for hydroxylation is 1. The molecule has 1 amide bonds. The van der Waals surface area contributed by atoms with Crippen LogP contribution in [0.25, 0.3) is 22.0 Å². The maximum Gasteiger partial charge on any atom is 0.341 e. The molecular formula is C38H40N4O3. The number of carbonyl (C=O) groups excluding carboxylic acids is 2. The quantitative estimate of drug-likeness (QED) is 0.164. The van der Waals surface area contributed by atoms with Crippen molar-refractivity contribution in [1.82, 2.24) is 9.55 Å². The van der Waals surface area contributed by atoms with E-state index in [9.17, 15) is 9.59 Å². The number of anilines is 2. The number of para-hydroxylation sites is 2. The number of cyclic esters (lactones) is 1. The molecule has 1 aliphatic rings. The predicted molar refractivity (Wildman–Crippen MR) is 181 cm³/mol. The Morgan fingerprint density at radius 1 is 0.911 bits per heavy atom. The molecule has 5 aromatic rings. The summed E-state index contributed by atoms with van der Waals surface area (Å²) in [4.78, 5) is 33.8. The topological polar surface area (TPSA) is 76.5 Å². The van der Waals surface area contributed by atoms with E-state index in [-0.39, 0.29) is 5.91 Å². The summed E-state index contributed by atoms with van der Waals surface area (Å²) < 4.78 is 8.82. The van der Waals surface area contributed by atoms with Gasteiger partial charge in [0, 0.05) is 71.7 Å². The number of amides is 1. The molecule has 0 aliphatic carbocycles. The minimum absolute atomic E-state index is 0.217. The molecule has 0 spiro atoms. The second-order valence-corrected chi connectivity index (χ2v) is 11.6. The molecule has 1 N–H and O–H groups in total. The van der Waals surface area contributed by atoms with Crippen LogP contribution in [-0.2, 0) is 21.7 Å². The number of rotatable bonds is 10. The van der Waals surface area contributed by atoms with E-state index in [4.69, 9.17) is 9.72 Å². The molecule has 230 valence electrons. The normalized spacial score (nSPS) is 15.6. The average molecular weight is 601 g/mol. The van der Waals surface area contributed by atoms with Gasteiger partial charge in [-0.2, -0.15) is 0 Å². The monoisotopic (exact) mass is 600 g/mol. The van der Waals surface area contributed by atoms with Crippen molar-refractivity contribution in [2.24, 2.45) is 0 Å². The first-order valence-electron chi connectivity index (χ1n) is 15.9. The molecule has 7 heteroatoms. The van der Waals surface area contributed by atoms with Crippen LogP contribution in [0.15, 0.2) is 85.1 Å². The summed E-state index contributed by atoms with van der Waals surface area (Å²) in [5, 5.41) is 4.12. The molecule has 6 rings (SSSR count). The Morgan fingerprint density at radius 2 is 1.62 bits per heavy atom. The Morgan fingerprint density at radius 3 is 2.31 bits per heavy atom. The lowest BCUT2D eigenvalue weighted by atomic mass is 9.79. The minimum atomic E-state index is -1.40. The Bertz CT molecular complexity index is 1890. The van der Waals surface area contributed by atoms with Crippen LogP contribution in [0.4, 0.5) is 11.4 Å². The van der Waals surface area contributed by atoms with Crippen LogP contribution in [0.5, 0.6) is 0 Å². The molecule has 2 aromatic heterocycles. The van der Waals surface area contributed by atoms with Crippen LogP contribution < -0.4 is 10.2 Å². The molecule has 7 nitrogen and oxygen atoms in total. The number of hydrogen-bond acceptors (Lipinski definition) is 5. The van der Waals surface area contributed by atoms with Crippen LogP contribution in [0.1, 0.15) is 73.4 Å². The van der Waals surface area contributed by atoms with Gasteiger partial charge >= 0.3 is 5.97 Å². The van der Waals surface area contributed by atoms with Gasteiger partial charge in [-0.15, -0.1) is 0 Å². The lowest BCUT2D eigenvalue weighted by molar-refractivity contribution is -0.114. The molecule has 3 aromatic carbocycles. The summed E-state index contributed by atoms with van der Waals surface area (Å²) in [6, 6.07) is 26.1. The van der Waals surface area contributed by atoms with E-state index in [1.165, 1.54) is 12.6 Å². The first-order valence-corrected chi connectivity index (χ1v) is 15.9. The van der Waals surface area contributed by atoms with E-state index in [1.54, 1.807) is 18.3 Å². The summed E-state index contributed by atoms with van der Waals surface area (Å²) in [5.74, 6) is -0.660. The molecule has 0 radical (unpaired) electrons. The first-order chi connectivity index (χ1) is 21.8. The Balaban J connectivity index is 1.65. The maximum atomic E-state index is 13.7. The fourth-order valence-corrected chi connectivity index (χ4v) is 7.02. The van der Waals surface area contributed by atoms with E-state index in [0.29, 0.717) is 22.5 Å². The lowest BCUT2D eigenvalue weighted by Crippen LogP contribution is -2.33. The number of fused-ring (bicyclic) bond motifs is 2. The molecule has 0 bridgehead atoms. The SMILES string of the molecule is CCCN(CCC)c1ccc(-c2cccc(C3(c4c(C)n(CC)c5ccccc45)OC(=O)c4cccnc43)c2NC(C)=O)cc1. The highest BCUT2D eigenvalue weighted by Gasteiger charge is 2.53. The van der Waals surface area contributed by atoms with Crippen molar-refractivity contribution >= 4 is 34.2 Å². The molecule has 0 saturated heterocycles. The number of pyridine rings is 1. The number of nitrogens with zero attached hydrogens (tertiary/aromatic N) is 3. The molecular weight excluding hydrogens is 560 g/mol. The number of aromatic nitrogens is 2. The number of esters is 1. The first kappa shape index (κ1) is 30.1. The van der Waals surface area contributed by atoms with E-state index < -0.39 is 11.6 Å². The van der Waals surface area contributed by atoms with Gasteiger partial charge in [-0.3, -0.25) is 9.78 Å². The summed E-state index contributed by atoms with van der Waals surface area (Å²) >= 11 is 0. The smallest absolute Gasteiger partial charge is 0.341 e. The highest BCUT2D eigenvalue weighted by molar-refractivity contribution is 6.01. The van der Waals surface area contributed by atoms with Crippen molar-refractivity contribution in [3.63, 3.8) is 0 Å². The van der Waals surface area contributed by atoms with Gasteiger partial charge in [0.05, 0.1) is 11.3 Å². The second-order valence-electron chi connectivity index (χ2n) is 11.6. The van der Waals surface area contributed by atoms with Crippen molar-refractivity contribution < 1.29 is 14.3 Å². The second kappa shape index (κ2) is 12.2. The fraction of sp³-hybridized carbons (Fsp3) is 0.289. The molecule has 1 atom stereocenters. The standard InChI is InChI=1S/C38H40N4O3/c1-6-23-41(24-7-2)28-20-18-27(19-21-28)29-14-11-16-32(35(29)40-26(5)43)38(36-31(37(44)45-38)15-12-22-39-36)34-25(4)42(8-3)33-17-10-9-13-30(33)34/h9-22H,6-8,23-24H2,1-5H3,(H,40,43). The van der Waals surface area contributed by atoms with Crippen LogP contribution in [0.3, 0.4) is 0 Å². The van der Waals surface area contributed by atoms with Gasteiger partial charge in [-0.1, -0.05) is 62.4 Å². The van der Waals surface area contributed by atoms with Crippen LogP contribution in [0.2, 0.25) is 0 Å². The van der Waals surface area contributed by atoms with Crippen molar-refractivity contribution in [3.05, 3.63) is 113 Å². The highest BCUT2D eigenvalue weighted by Crippen LogP contribution is 2.53.